The van der Waals surface area contributed by atoms with Gasteiger partial charge in [0.15, 0.2) is 0 Å². The molecule has 19 heavy (non-hydrogen) atoms. The molecule has 3 rings (SSSR count). The van der Waals surface area contributed by atoms with E-state index < -0.39 is 5.41 Å². The highest BCUT2D eigenvalue weighted by atomic mass is 16.5. The summed E-state index contributed by atoms with van der Waals surface area (Å²) in [5.74, 6) is 2.50. The topological polar surface area (TPSA) is 26.3 Å². The van der Waals surface area contributed by atoms with Crippen molar-refractivity contribution in [1.29, 1.82) is 0 Å². The number of hydrogen-bond donors (Lipinski definition) is 0. The molecule has 0 heterocycles. The van der Waals surface area contributed by atoms with E-state index in [2.05, 4.69) is 12.0 Å². The van der Waals surface area contributed by atoms with Gasteiger partial charge in [-0.25, -0.2) is 0 Å². The van der Waals surface area contributed by atoms with Crippen LogP contribution >= 0.6 is 0 Å². The molecule has 0 radical (unpaired) electrons. The van der Waals surface area contributed by atoms with Gasteiger partial charge in [-0.1, -0.05) is 30.2 Å². The molecule has 0 unspecified atom stereocenters. The van der Waals surface area contributed by atoms with E-state index in [1.807, 2.05) is 30.3 Å². The lowest BCUT2D eigenvalue weighted by molar-refractivity contribution is -0.143. The summed E-state index contributed by atoms with van der Waals surface area (Å²) in [5.41, 5.74) is 1.50. The predicted octanol–water partition coefficient (Wildman–Crippen LogP) is 3.03. The summed E-state index contributed by atoms with van der Waals surface area (Å²) >= 11 is 0. The van der Waals surface area contributed by atoms with Crippen molar-refractivity contribution in [2.24, 2.45) is 0 Å². The smallest absolute Gasteiger partial charge is 0.316 e. The fourth-order valence-electron chi connectivity index (χ4n) is 2.56. The molecule has 2 heteroatoms. The van der Waals surface area contributed by atoms with Gasteiger partial charge in [-0.3, -0.25) is 4.79 Å². The Morgan fingerprint density at radius 2 is 1.89 bits per heavy atom. The quantitative estimate of drug-likeness (QED) is 0.605. The Kier molecular flexibility index (Phi) is 2.57. The summed E-state index contributed by atoms with van der Waals surface area (Å²) in [7, 11) is 1.45. The van der Waals surface area contributed by atoms with Crippen LogP contribution in [0.3, 0.4) is 0 Å². The first kappa shape index (κ1) is 11.8. The molecule has 94 valence electrons. The zero-order valence-electron chi connectivity index (χ0n) is 10.8. The zero-order chi connectivity index (χ0) is 13.5. The monoisotopic (exact) mass is 250 g/mol. The molecule has 1 fully saturated rings. The van der Waals surface area contributed by atoms with Crippen molar-refractivity contribution in [3.05, 3.63) is 47.5 Å². The predicted molar refractivity (Wildman–Crippen MR) is 74.8 cm³/mol. The van der Waals surface area contributed by atoms with Crippen molar-refractivity contribution in [3.63, 3.8) is 0 Å². The lowest BCUT2D eigenvalue weighted by Crippen LogP contribution is -2.21. The molecule has 0 saturated heterocycles. The Bertz CT molecular complexity index is 703. The van der Waals surface area contributed by atoms with Crippen LogP contribution in [-0.4, -0.2) is 13.1 Å². The molecule has 0 atom stereocenters. The minimum Gasteiger partial charge on any atom is -0.468 e. The van der Waals surface area contributed by atoms with Crippen LogP contribution in [0.5, 0.6) is 0 Å². The molecule has 2 nitrogen and oxygen atoms in total. The molecule has 2 aromatic rings. The van der Waals surface area contributed by atoms with Crippen LogP contribution in [-0.2, 0) is 14.9 Å². The number of carbonyl (C=O) groups is 1. The number of hydrogen-bond acceptors (Lipinski definition) is 2. The number of ether oxygens (including phenoxy) is 1. The third kappa shape index (κ3) is 1.79. The fourth-order valence-corrected chi connectivity index (χ4v) is 2.56. The van der Waals surface area contributed by atoms with Gasteiger partial charge in [0.05, 0.1) is 12.5 Å². The van der Waals surface area contributed by atoms with Crippen LogP contribution in [0.15, 0.2) is 36.4 Å². The maximum atomic E-state index is 11.9. The van der Waals surface area contributed by atoms with Crippen LogP contribution in [0.2, 0.25) is 0 Å². The standard InChI is InChI=1S/C17H14O2/c1-3-12-4-5-14-11-15(7-6-13(14)10-12)17(8-9-17)16(18)19-2/h1,4-7,10-11H,8-9H2,2H3. The lowest BCUT2D eigenvalue weighted by Gasteiger charge is -2.13. The van der Waals surface area contributed by atoms with Crippen molar-refractivity contribution in [2.45, 2.75) is 18.3 Å². The van der Waals surface area contributed by atoms with E-state index in [4.69, 9.17) is 11.2 Å². The summed E-state index contributed by atoms with van der Waals surface area (Å²) < 4.78 is 4.92. The second-order valence-corrected chi connectivity index (χ2v) is 4.99. The van der Waals surface area contributed by atoms with Crippen molar-refractivity contribution >= 4 is 16.7 Å². The number of fused-ring (bicyclic) bond motifs is 1. The highest BCUT2D eigenvalue weighted by Gasteiger charge is 2.52. The van der Waals surface area contributed by atoms with E-state index in [-0.39, 0.29) is 5.97 Å². The molecule has 1 aliphatic carbocycles. The van der Waals surface area contributed by atoms with E-state index in [1.165, 1.54) is 7.11 Å². The van der Waals surface area contributed by atoms with Crippen LogP contribution in [0.25, 0.3) is 10.8 Å². The Morgan fingerprint density at radius 1 is 1.21 bits per heavy atom. The summed E-state index contributed by atoms with van der Waals surface area (Å²) in [6, 6.07) is 12.0. The van der Waals surface area contributed by atoms with Gasteiger partial charge in [-0.2, -0.15) is 0 Å². The van der Waals surface area contributed by atoms with Crippen LogP contribution in [0.1, 0.15) is 24.0 Å². The van der Waals surface area contributed by atoms with Gasteiger partial charge in [0.1, 0.15) is 0 Å². The average Bonchev–Trinajstić information content (AvgIpc) is 3.27. The van der Waals surface area contributed by atoms with Crippen molar-refractivity contribution in [2.75, 3.05) is 7.11 Å². The molecule has 0 N–H and O–H groups in total. The largest absolute Gasteiger partial charge is 0.468 e. The first-order valence-corrected chi connectivity index (χ1v) is 6.29. The summed E-state index contributed by atoms with van der Waals surface area (Å²) in [4.78, 5) is 11.9. The van der Waals surface area contributed by atoms with E-state index in [0.717, 1.165) is 34.7 Å². The molecule has 0 bridgehead atoms. The number of rotatable bonds is 2. The Morgan fingerprint density at radius 3 is 2.53 bits per heavy atom. The van der Waals surface area contributed by atoms with Crippen LogP contribution in [0.4, 0.5) is 0 Å². The molecule has 2 aromatic carbocycles. The van der Waals surface area contributed by atoms with Gasteiger partial charge in [-0.05, 0) is 41.3 Å². The molecule has 1 saturated carbocycles. The maximum Gasteiger partial charge on any atom is 0.316 e. The molecule has 0 aromatic heterocycles. The molecular formula is C17H14O2. The fraction of sp³-hybridized carbons (Fsp3) is 0.235. The Labute approximate surface area is 112 Å². The number of methoxy groups -OCH3 is 1. The average molecular weight is 250 g/mol. The van der Waals surface area contributed by atoms with Gasteiger partial charge < -0.3 is 4.74 Å². The summed E-state index contributed by atoms with van der Waals surface area (Å²) in [6.45, 7) is 0. The zero-order valence-corrected chi connectivity index (χ0v) is 10.8. The third-order valence-corrected chi connectivity index (χ3v) is 3.89. The van der Waals surface area contributed by atoms with Crippen LogP contribution in [0, 0.1) is 12.3 Å². The second-order valence-electron chi connectivity index (χ2n) is 4.99. The minimum absolute atomic E-state index is 0.132. The first-order chi connectivity index (χ1) is 9.19. The lowest BCUT2D eigenvalue weighted by atomic mass is 9.93. The molecule has 0 spiro atoms. The second kappa shape index (κ2) is 4.13. The van der Waals surface area contributed by atoms with Gasteiger partial charge >= 0.3 is 5.97 Å². The van der Waals surface area contributed by atoms with Gasteiger partial charge in [0, 0.05) is 5.56 Å². The number of benzene rings is 2. The molecule has 0 amide bonds. The van der Waals surface area contributed by atoms with E-state index in [0.29, 0.717) is 0 Å². The first-order valence-electron chi connectivity index (χ1n) is 6.29. The van der Waals surface area contributed by atoms with Gasteiger partial charge in [0.25, 0.3) is 0 Å². The molecule has 1 aliphatic rings. The maximum absolute atomic E-state index is 11.9. The van der Waals surface area contributed by atoms with Gasteiger partial charge in [-0.15, -0.1) is 6.42 Å². The highest BCUT2D eigenvalue weighted by molar-refractivity contribution is 5.90. The minimum atomic E-state index is -0.409. The van der Waals surface area contributed by atoms with Gasteiger partial charge in [0.2, 0.25) is 0 Å². The van der Waals surface area contributed by atoms with Crippen molar-refractivity contribution in [1.82, 2.24) is 0 Å². The molecule has 0 aliphatic heterocycles. The molecular weight excluding hydrogens is 236 g/mol. The highest BCUT2D eigenvalue weighted by Crippen LogP contribution is 2.49. The third-order valence-electron chi connectivity index (χ3n) is 3.89. The Balaban J connectivity index is 2.08. The summed E-state index contributed by atoms with van der Waals surface area (Å²) in [5, 5.41) is 2.20. The number of terminal acetylenes is 1. The van der Waals surface area contributed by atoms with Crippen molar-refractivity contribution < 1.29 is 9.53 Å². The van der Waals surface area contributed by atoms with E-state index >= 15 is 0 Å². The SMILES string of the molecule is C#Cc1ccc2cc(C3(C(=O)OC)CC3)ccc2c1. The van der Waals surface area contributed by atoms with E-state index in [9.17, 15) is 4.79 Å². The van der Waals surface area contributed by atoms with Crippen LogP contribution < -0.4 is 0 Å². The number of esters is 1. The normalized spacial score (nSPS) is 15.8. The Hall–Kier alpha value is -2.27. The van der Waals surface area contributed by atoms with E-state index in [1.54, 1.807) is 0 Å². The number of carbonyl (C=O) groups excluding carboxylic acids is 1. The summed E-state index contributed by atoms with van der Waals surface area (Å²) in [6.07, 6.45) is 7.13. The van der Waals surface area contributed by atoms with Crippen molar-refractivity contribution in [3.8, 4) is 12.3 Å².